The Balaban J connectivity index is 2.28. The quantitative estimate of drug-likeness (QED) is 0.809. The van der Waals surface area contributed by atoms with Gasteiger partial charge < -0.3 is 9.84 Å². The van der Waals surface area contributed by atoms with Crippen molar-refractivity contribution in [3.8, 4) is 5.75 Å². The lowest BCUT2D eigenvalue weighted by Crippen LogP contribution is -2.46. The minimum Gasteiger partial charge on any atom is -0.491 e. The van der Waals surface area contributed by atoms with Crippen LogP contribution in [0.4, 0.5) is 0 Å². The number of rotatable bonds is 6. The smallest absolute Gasteiger partial charge is 0.128 e. The molecule has 1 heterocycles. The van der Waals surface area contributed by atoms with Gasteiger partial charge in [0.2, 0.25) is 0 Å². The van der Waals surface area contributed by atoms with E-state index in [1.54, 1.807) is 0 Å². The number of fused-ring (bicyclic) bond motifs is 1. The lowest BCUT2D eigenvalue weighted by atomic mass is 9.94. The fourth-order valence-corrected chi connectivity index (χ4v) is 2.74. The number of nitrogens with zero attached hydrogens (tertiary/aromatic N) is 1. The summed E-state index contributed by atoms with van der Waals surface area (Å²) in [5.74, 6) is 0.857. The van der Waals surface area contributed by atoms with E-state index in [4.69, 9.17) is 4.74 Å². The zero-order valence-electron chi connectivity index (χ0n) is 12.1. The molecule has 0 aromatic heterocycles. The van der Waals surface area contributed by atoms with E-state index in [-0.39, 0.29) is 6.04 Å². The van der Waals surface area contributed by atoms with Crippen molar-refractivity contribution in [2.24, 2.45) is 0 Å². The molecule has 0 saturated heterocycles. The highest BCUT2D eigenvalue weighted by atomic mass is 16.5. The minimum absolute atomic E-state index is 0.0643. The zero-order valence-corrected chi connectivity index (χ0v) is 12.1. The van der Waals surface area contributed by atoms with Crippen LogP contribution in [0.1, 0.15) is 24.2 Å². The van der Waals surface area contributed by atoms with Crippen LogP contribution in [0.15, 0.2) is 43.5 Å². The first-order valence-corrected chi connectivity index (χ1v) is 7.11. The molecule has 2 atom stereocenters. The van der Waals surface area contributed by atoms with Gasteiger partial charge in [0.25, 0.3) is 0 Å². The Morgan fingerprint density at radius 1 is 1.35 bits per heavy atom. The predicted octanol–water partition coefficient (Wildman–Crippen LogP) is 2.72. The Hall–Kier alpha value is -1.58. The Kier molecular flexibility index (Phi) is 4.99. The molecule has 2 rings (SSSR count). The van der Waals surface area contributed by atoms with Crippen molar-refractivity contribution in [1.29, 1.82) is 0 Å². The molecule has 20 heavy (non-hydrogen) atoms. The van der Waals surface area contributed by atoms with E-state index in [2.05, 4.69) is 31.0 Å². The van der Waals surface area contributed by atoms with Crippen LogP contribution in [0, 0.1) is 0 Å². The Labute approximate surface area is 121 Å². The van der Waals surface area contributed by atoms with Gasteiger partial charge in [0.15, 0.2) is 0 Å². The molecule has 1 aromatic rings. The van der Waals surface area contributed by atoms with Crippen molar-refractivity contribution in [1.82, 2.24) is 4.90 Å². The number of ether oxygens (including phenoxy) is 1. The highest BCUT2D eigenvalue weighted by molar-refractivity contribution is 5.44. The highest BCUT2D eigenvalue weighted by Crippen LogP contribution is 2.37. The number of aryl methyl sites for hydroxylation is 1. The molecule has 0 amide bonds. The van der Waals surface area contributed by atoms with Crippen LogP contribution in [0.5, 0.6) is 5.75 Å². The van der Waals surface area contributed by atoms with Gasteiger partial charge in [-0.2, -0.15) is 0 Å². The van der Waals surface area contributed by atoms with E-state index >= 15 is 0 Å². The van der Waals surface area contributed by atoms with Gasteiger partial charge in [0.1, 0.15) is 18.5 Å². The van der Waals surface area contributed by atoms with Crippen LogP contribution in [0.25, 0.3) is 0 Å². The molecule has 0 bridgehead atoms. The summed E-state index contributed by atoms with van der Waals surface area (Å²) >= 11 is 0. The second kappa shape index (κ2) is 6.73. The number of aliphatic hydroxyl groups excluding tert-OH is 1. The van der Waals surface area contributed by atoms with Gasteiger partial charge in [-0.15, -0.1) is 13.2 Å². The fraction of sp³-hybridized carbons (Fsp3) is 0.412. The first kappa shape index (κ1) is 14.8. The van der Waals surface area contributed by atoms with Crippen LogP contribution < -0.4 is 4.74 Å². The topological polar surface area (TPSA) is 32.7 Å². The van der Waals surface area contributed by atoms with Gasteiger partial charge in [-0.05, 0) is 12.0 Å². The summed E-state index contributed by atoms with van der Waals surface area (Å²) in [6.45, 7) is 11.6. The summed E-state index contributed by atoms with van der Waals surface area (Å²) in [4.78, 5) is 2.13. The van der Waals surface area contributed by atoms with Crippen LogP contribution in [-0.2, 0) is 6.42 Å². The zero-order chi connectivity index (χ0) is 14.5. The van der Waals surface area contributed by atoms with Crippen LogP contribution in [0.2, 0.25) is 0 Å². The van der Waals surface area contributed by atoms with Crippen molar-refractivity contribution < 1.29 is 9.84 Å². The van der Waals surface area contributed by atoms with Gasteiger partial charge >= 0.3 is 0 Å². The van der Waals surface area contributed by atoms with E-state index < -0.39 is 6.10 Å². The molecule has 0 aliphatic carbocycles. The lowest BCUT2D eigenvalue weighted by Gasteiger charge is -2.38. The molecule has 1 aliphatic heterocycles. The van der Waals surface area contributed by atoms with Crippen molar-refractivity contribution in [3.05, 3.63) is 54.6 Å². The summed E-state index contributed by atoms with van der Waals surface area (Å²) in [5.41, 5.74) is 2.04. The number of benzene rings is 1. The van der Waals surface area contributed by atoms with E-state index in [1.807, 2.05) is 24.3 Å². The molecule has 1 aliphatic rings. The first-order chi connectivity index (χ1) is 9.72. The third-order valence-electron chi connectivity index (χ3n) is 3.79. The number of hydrogen-bond donors (Lipinski definition) is 1. The molecule has 1 N–H and O–H groups in total. The molecule has 3 heteroatoms. The van der Waals surface area contributed by atoms with E-state index in [0.717, 1.165) is 23.3 Å². The minimum atomic E-state index is -0.537. The monoisotopic (exact) mass is 273 g/mol. The molecule has 0 spiro atoms. The normalized spacial score (nSPS) is 21.1. The number of hydrogen-bond acceptors (Lipinski definition) is 3. The summed E-state index contributed by atoms with van der Waals surface area (Å²) in [6.07, 6.45) is 4.05. The van der Waals surface area contributed by atoms with Crippen molar-refractivity contribution in [2.75, 3.05) is 19.7 Å². The molecular weight excluding hydrogens is 250 g/mol. The maximum absolute atomic E-state index is 10.7. The molecule has 108 valence electrons. The van der Waals surface area contributed by atoms with E-state index in [0.29, 0.717) is 19.7 Å². The first-order valence-electron chi connectivity index (χ1n) is 7.11. The summed E-state index contributed by atoms with van der Waals surface area (Å²) in [5, 5.41) is 10.7. The van der Waals surface area contributed by atoms with Gasteiger partial charge in [-0.25, -0.2) is 0 Å². The molecule has 0 fully saturated rings. The Morgan fingerprint density at radius 3 is 2.65 bits per heavy atom. The van der Waals surface area contributed by atoms with Gasteiger partial charge in [-0.1, -0.05) is 37.3 Å². The van der Waals surface area contributed by atoms with E-state index in [9.17, 15) is 5.11 Å². The van der Waals surface area contributed by atoms with Gasteiger partial charge in [0, 0.05) is 18.7 Å². The molecule has 0 radical (unpaired) electrons. The van der Waals surface area contributed by atoms with Crippen LogP contribution in [0.3, 0.4) is 0 Å². The highest BCUT2D eigenvalue weighted by Gasteiger charge is 2.33. The Bertz CT molecular complexity index is 474. The van der Waals surface area contributed by atoms with Gasteiger partial charge in [0.05, 0.1) is 6.04 Å². The molecule has 1 aromatic carbocycles. The van der Waals surface area contributed by atoms with Crippen molar-refractivity contribution in [3.63, 3.8) is 0 Å². The SMILES string of the molecule is C=CCN(CC=C)C1COc2c(CC)cccc2C1O. The fourth-order valence-electron chi connectivity index (χ4n) is 2.74. The average Bonchev–Trinajstić information content (AvgIpc) is 2.47. The second-order valence-corrected chi connectivity index (χ2v) is 5.04. The molecule has 3 nitrogen and oxygen atoms in total. The lowest BCUT2D eigenvalue weighted by molar-refractivity contribution is 0.0130. The van der Waals surface area contributed by atoms with Crippen LogP contribution in [-0.4, -0.2) is 35.7 Å². The maximum Gasteiger partial charge on any atom is 0.128 e. The summed E-state index contributed by atoms with van der Waals surface area (Å²) < 4.78 is 5.93. The van der Waals surface area contributed by atoms with E-state index in [1.165, 1.54) is 0 Å². The molecular formula is C17H23NO2. The standard InChI is InChI=1S/C17H23NO2/c1-4-10-18(11-5-2)15-12-20-17-13(6-3)8-7-9-14(17)16(15)19/h4-5,7-9,15-16,19H,1-2,6,10-12H2,3H3. The summed E-state index contributed by atoms with van der Waals surface area (Å²) in [6, 6.07) is 5.92. The largest absolute Gasteiger partial charge is 0.491 e. The van der Waals surface area contributed by atoms with Crippen molar-refractivity contribution in [2.45, 2.75) is 25.5 Å². The predicted molar refractivity (Wildman–Crippen MR) is 82.0 cm³/mol. The van der Waals surface area contributed by atoms with Crippen LogP contribution >= 0.6 is 0 Å². The second-order valence-electron chi connectivity index (χ2n) is 5.04. The van der Waals surface area contributed by atoms with Crippen molar-refractivity contribution >= 4 is 0 Å². The third-order valence-corrected chi connectivity index (χ3v) is 3.79. The summed E-state index contributed by atoms with van der Waals surface area (Å²) in [7, 11) is 0. The van der Waals surface area contributed by atoms with Gasteiger partial charge in [-0.3, -0.25) is 4.90 Å². The molecule has 2 unspecified atom stereocenters. The maximum atomic E-state index is 10.7. The Morgan fingerprint density at radius 2 is 2.05 bits per heavy atom. The average molecular weight is 273 g/mol. The number of aliphatic hydroxyl groups is 1. The number of para-hydroxylation sites is 1. The third kappa shape index (κ3) is 2.79. The molecule has 0 saturated carbocycles.